The Balaban J connectivity index is 2.37. The molecule has 0 aromatic heterocycles. The van der Waals surface area contributed by atoms with Crippen molar-refractivity contribution >= 4 is 33.0 Å². The SMILES string of the molecule is Cc1c(NC(=O)C(C)N(c2cccc(F)c2)S(C)(=O)=O)cccc1[N+](=O)[O-]. The minimum absolute atomic E-state index is 0.00378. The van der Waals surface area contributed by atoms with Crippen LogP contribution in [0, 0.1) is 22.9 Å². The van der Waals surface area contributed by atoms with Gasteiger partial charge in [-0.05, 0) is 38.1 Å². The van der Waals surface area contributed by atoms with Gasteiger partial charge in [-0.15, -0.1) is 0 Å². The minimum Gasteiger partial charge on any atom is -0.324 e. The summed E-state index contributed by atoms with van der Waals surface area (Å²) < 4.78 is 38.7. The van der Waals surface area contributed by atoms with Crippen LogP contribution in [0.3, 0.4) is 0 Å². The fourth-order valence-corrected chi connectivity index (χ4v) is 3.78. The summed E-state index contributed by atoms with van der Waals surface area (Å²) in [5, 5.41) is 13.5. The Morgan fingerprint density at radius 3 is 2.44 bits per heavy atom. The topological polar surface area (TPSA) is 110 Å². The molecule has 0 aliphatic rings. The summed E-state index contributed by atoms with van der Waals surface area (Å²) in [4.78, 5) is 23.1. The Kier molecular flexibility index (Phi) is 5.79. The number of amides is 1. The van der Waals surface area contributed by atoms with Crippen LogP contribution in [-0.4, -0.2) is 31.5 Å². The smallest absolute Gasteiger partial charge is 0.274 e. The number of nitro groups is 1. The van der Waals surface area contributed by atoms with Gasteiger partial charge in [0.05, 0.1) is 28.1 Å². The average Bonchev–Trinajstić information content (AvgIpc) is 2.55. The molecule has 1 N–H and O–H groups in total. The number of carbonyl (C=O) groups excluding carboxylic acids is 1. The Morgan fingerprint density at radius 2 is 1.89 bits per heavy atom. The van der Waals surface area contributed by atoms with E-state index in [1.807, 2.05) is 0 Å². The van der Waals surface area contributed by atoms with E-state index in [4.69, 9.17) is 0 Å². The summed E-state index contributed by atoms with van der Waals surface area (Å²) in [7, 11) is -3.91. The predicted molar refractivity (Wildman–Crippen MR) is 99.6 cm³/mol. The molecule has 1 amide bonds. The number of benzene rings is 2. The number of nitro benzene ring substituents is 1. The highest BCUT2D eigenvalue weighted by Crippen LogP contribution is 2.26. The fourth-order valence-electron chi connectivity index (χ4n) is 2.62. The van der Waals surface area contributed by atoms with Gasteiger partial charge in [0, 0.05) is 6.07 Å². The minimum atomic E-state index is -3.91. The molecule has 1 atom stereocenters. The monoisotopic (exact) mass is 395 g/mol. The van der Waals surface area contributed by atoms with Gasteiger partial charge in [-0.2, -0.15) is 0 Å². The second-order valence-corrected chi connectivity index (χ2v) is 7.77. The van der Waals surface area contributed by atoms with Crippen LogP contribution in [-0.2, 0) is 14.8 Å². The first kappa shape index (κ1) is 20.3. The molecule has 0 heterocycles. The summed E-state index contributed by atoms with van der Waals surface area (Å²) in [6, 6.07) is 7.81. The average molecular weight is 395 g/mol. The molecule has 0 spiro atoms. The van der Waals surface area contributed by atoms with Gasteiger partial charge in [-0.25, -0.2) is 12.8 Å². The van der Waals surface area contributed by atoms with E-state index >= 15 is 0 Å². The Morgan fingerprint density at radius 1 is 1.26 bits per heavy atom. The van der Waals surface area contributed by atoms with Crippen molar-refractivity contribution in [3.05, 3.63) is 64.0 Å². The maximum atomic E-state index is 13.5. The summed E-state index contributed by atoms with van der Waals surface area (Å²) in [5.41, 5.74) is 0.245. The number of hydrogen-bond acceptors (Lipinski definition) is 5. The Bertz CT molecular complexity index is 994. The first-order valence-electron chi connectivity index (χ1n) is 7.82. The van der Waals surface area contributed by atoms with Gasteiger partial charge in [0.2, 0.25) is 15.9 Å². The van der Waals surface area contributed by atoms with E-state index < -0.39 is 32.7 Å². The molecule has 2 aromatic carbocycles. The van der Waals surface area contributed by atoms with Crippen molar-refractivity contribution in [2.45, 2.75) is 19.9 Å². The lowest BCUT2D eigenvalue weighted by atomic mass is 10.1. The standard InChI is InChI=1S/C17H18FN3O5S/c1-11-15(8-5-9-16(11)21(23)24)19-17(22)12(2)20(27(3,25)26)14-7-4-6-13(18)10-14/h4-10,12H,1-3H3,(H,19,22). The molecule has 2 aromatic rings. The Labute approximate surface area is 155 Å². The molecule has 0 saturated heterocycles. The van der Waals surface area contributed by atoms with Crippen molar-refractivity contribution in [1.82, 2.24) is 0 Å². The molecule has 0 aliphatic carbocycles. The molecule has 2 rings (SSSR count). The van der Waals surface area contributed by atoms with E-state index in [1.54, 1.807) is 0 Å². The lowest BCUT2D eigenvalue weighted by Crippen LogP contribution is -2.45. The lowest BCUT2D eigenvalue weighted by molar-refractivity contribution is -0.385. The van der Waals surface area contributed by atoms with Crippen LogP contribution >= 0.6 is 0 Å². The zero-order chi connectivity index (χ0) is 20.4. The van der Waals surface area contributed by atoms with Crippen LogP contribution < -0.4 is 9.62 Å². The molecular weight excluding hydrogens is 377 g/mol. The molecule has 0 saturated carbocycles. The maximum Gasteiger partial charge on any atom is 0.274 e. The highest BCUT2D eigenvalue weighted by atomic mass is 32.2. The van der Waals surface area contributed by atoms with Crippen LogP contribution in [0.25, 0.3) is 0 Å². The van der Waals surface area contributed by atoms with Crippen molar-refractivity contribution in [1.29, 1.82) is 0 Å². The van der Waals surface area contributed by atoms with Crippen molar-refractivity contribution in [3.8, 4) is 0 Å². The number of sulfonamides is 1. The number of hydrogen-bond donors (Lipinski definition) is 1. The summed E-state index contributed by atoms with van der Waals surface area (Å²) in [5.74, 6) is -1.36. The van der Waals surface area contributed by atoms with Crippen LogP contribution in [0.1, 0.15) is 12.5 Å². The van der Waals surface area contributed by atoms with Gasteiger partial charge in [-0.3, -0.25) is 19.2 Å². The van der Waals surface area contributed by atoms with Crippen molar-refractivity contribution in [2.24, 2.45) is 0 Å². The van der Waals surface area contributed by atoms with Gasteiger partial charge >= 0.3 is 0 Å². The number of nitrogens with zero attached hydrogens (tertiary/aromatic N) is 2. The second kappa shape index (κ2) is 7.70. The summed E-state index contributed by atoms with van der Waals surface area (Å²) in [6.07, 6.45) is 0.903. The third kappa shape index (κ3) is 4.59. The van der Waals surface area contributed by atoms with Crippen LogP contribution in [0.15, 0.2) is 42.5 Å². The number of nitrogens with one attached hydrogen (secondary N) is 1. The van der Waals surface area contributed by atoms with E-state index in [0.717, 1.165) is 22.7 Å². The molecule has 10 heteroatoms. The molecule has 27 heavy (non-hydrogen) atoms. The molecule has 1 unspecified atom stereocenters. The largest absolute Gasteiger partial charge is 0.324 e. The third-order valence-corrected chi connectivity index (χ3v) is 5.15. The van der Waals surface area contributed by atoms with Crippen LogP contribution in [0.4, 0.5) is 21.5 Å². The first-order chi connectivity index (χ1) is 12.5. The van der Waals surface area contributed by atoms with E-state index in [9.17, 15) is 27.7 Å². The maximum absolute atomic E-state index is 13.5. The van der Waals surface area contributed by atoms with Crippen LogP contribution in [0.5, 0.6) is 0 Å². The van der Waals surface area contributed by atoms with Gasteiger partial charge < -0.3 is 5.32 Å². The van der Waals surface area contributed by atoms with Crippen molar-refractivity contribution in [3.63, 3.8) is 0 Å². The van der Waals surface area contributed by atoms with E-state index in [2.05, 4.69) is 5.32 Å². The zero-order valence-electron chi connectivity index (χ0n) is 14.8. The molecule has 144 valence electrons. The second-order valence-electron chi connectivity index (χ2n) is 5.91. The molecule has 0 aliphatic heterocycles. The molecule has 0 bridgehead atoms. The summed E-state index contributed by atoms with van der Waals surface area (Å²) in [6.45, 7) is 2.81. The number of carbonyl (C=O) groups is 1. The number of anilines is 2. The zero-order valence-corrected chi connectivity index (χ0v) is 15.7. The van der Waals surface area contributed by atoms with E-state index in [1.165, 1.54) is 44.2 Å². The molecular formula is C17H18FN3O5S. The van der Waals surface area contributed by atoms with Crippen LogP contribution in [0.2, 0.25) is 0 Å². The molecule has 0 fully saturated rings. The fraction of sp³-hybridized carbons (Fsp3) is 0.235. The summed E-state index contributed by atoms with van der Waals surface area (Å²) >= 11 is 0. The first-order valence-corrected chi connectivity index (χ1v) is 9.67. The predicted octanol–water partition coefficient (Wildman–Crippen LogP) is 2.84. The normalized spacial score (nSPS) is 12.3. The lowest BCUT2D eigenvalue weighted by Gasteiger charge is -2.28. The van der Waals surface area contributed by atoms with Gasteiger partial charge in [0.15, 0.2) is 0 Å². The number of rotatable bonds is 6. The van der Waals surface area contributed by atoms with Crippen molar-refractivity contribution < 1.29 is 22.5 Å². The van der Waals surface area contributed by atoms with Gasteiger partial charge in [0.25, 0.3) is 5.69 Å². The Hall–Kier alpha value is -3.01. The molecule has 0 radical (unpaired) electrons. The van der Waals surface area contributed by atoms with E-state index in [-0.39, 0.29) is 22.6 Å². The third-order valence-electron chi connectivity index (χ3n) is 3.91. The molecule has 8 nitrogen and oxygen atoms in total. The highest BCUT2D eigenvalue weighted by molar-refractivity contribution is 7.92. The number of halogens is 1. The van der Waals surface area contributed by atoms with Crippen molar-refractivity contribution in [2.75, 3.05) is 15.9 Å². The quantitative estimate of drug-likeness (QED) is 0.597. The highest BCUT2D eigenvalue weighted by Gasteiger charge is 2.30. The van der Waals surface area contributed by atoms with E-state index in [0.29, 0.717) is 0 Å². The van der Waals surface area contributed by atoms with Gasteiger partial charge in [-0.1, -0.05) is 12.1 Å². The van der Waals surface area contributed by atoms with Gasteiger partial charge in [0.1, 0.15) is 11.9 Å².